The Kier molecular flexibility index (Phi) is 7.16. The van der Waals surface area contributed by atoms with Gasteiger partial charge in [0.1, 0.15) is 5.75 Å². The van der Waals surface area contributed by atoms with Gasteiger partial charge in [0, 0.05) is 30.7 Å². The van der Waals surface area contributed by atoms with Gasteiger partial charge in [0.05, 0.1) is 18.7 Å². The molecular formula is C25H32ClN3O2. The van der Waals surface area contributed by atoms with E-state index >= 15 is 0 Å². The number of methoxy groups -OCH3 is 1. The molecule has 0 aliphatic carbocycles. The molecule has 6 heteroatoms. The number of rotatable bonds is 6. The lowest BCUT2D eigenvalue weighted by Crippen LogP contribution is -2.43. The maximum Gasteiger partial charge on any atom is 0.228 e. The second-order valence-corrected chi connectivity index (χ2v) is 9.27. The minimum atomic E-state index is -0.00106. The number of carbonyl (C=O) groups is 1. The molecule has 2 aliphatic heterocycles. The third-order valence-corrected chi connectivity index (χ3v) is 7.14. The number of hydrogen-bond acceptors (Lipinski definition) is 4. The Hall–Kier alpha value is -2.08. The standard InChI is InChI=1S/C25H32ClN3O2/c1-28-15-20(25(30)27-22-11-5-6-12-24(22)31-2)14-23(28)19-9-7-13-29(17-19)16-18-8-3-4-10-21(18)26/h3-6,8,10-12,19-20,23H,7,9,13-17H2,1-2H3,(H,27,30)/t19-,20+,23+/m0/s1. The molecule has 2 aliphatic rings. The van der Waals surface area contributed by atoms with Crippen molar-refractivity contribution >= 4 is 23.2 Å². The van der Waals surface area contributed by atoms with Crippen molar-refractivity contribution in [3.8, 4) is 5.75 Å². The van der Waals surface area contributed by atoms with Crippen molar-refractivity contribution < 1.29 is 9.53 Å². The van der Waals surface area contributed by atoms with Crippen LogP contribution in [-0.2, 0) is 11.3 Å². The number of halogens is 1. The summed E-state index contributed by atoms with van der Waals surface area (Å²) in [7, 11) is 3.79. The molecule has 0 saturated carbocycles. The van der Waals surface area contributed by atoms with Crippen LogP contribution in [0.1, 0.15) is 24.8 Å². The largest absolute Gasteiger partial charge is 0.495 e. The maximum atomic E-state index is 13.0. The van der Waals surface area contributed by atoms with Gasteiger partial charge < -0.3 is 15.0 Å². The molecule has 2 heterocycles. The number of ether oxygens (including phenoxy) is 1. The highest BCUT2D eigenvalue weighted by Gasteiger charge is 2.39. The highest BCUT2D eigenvalue weighted by Crippen LogP contribution is 2.34. The van der Waals surface area contributed by atoms with E-state index in [1.54, 1.807) is 7.11 Å². The molecule has 2 fully saturated rings. The maximum absolute atomic E-state index is 13.0. The van der Waals surface area contributed by atoms with Gasteiger partial charge in [-0.25, -0.2) is 0 Å². The number of piperidine rings is 1. The van der Waals surface area contributed by atoms with E-state index in [1.165, 1.54) is 18.4 Å². The molecule has 2 aromatic carbocycles. The molecule has 31 heavy (non-hydrogen) atoms. The number of hydrogen-bond donors (Lipinski definition) is 1. The lowest BCUT2D eigenvalue weighted by Gasteiger charge is -2.38. The summed E-state index contributed by atoms with van der Waals surface area (Å²) in [5.74, 6) is 1.35. The number of nitrogens with zero attached hydrogens (tertiary/aromatic N) is 2. The monoisotopic (exact) mass is 441 g/mol. The fraction of sp³-hybridized carbons (Fsp3) is 0.480. The number of benzene rings is 2. The second-order valence-electron chi connectivity index (χ2n) is 8.86. The highest BCUT2D eigenvalue weighted by atomic mass is 35.5. The molecule has 0 unspecified atom stereocenters. The van der Waals surface area contributed by atoms with Crippen molar-refractivity contribution in [1.82, 2.24) is 9.80 Å². The summed E-state index contributed by atoms with van der Waals surface area (Å²) < 4.78 is 5.38. The Bertz CT molecular complexity index is 906. The van der Waals surface area contributed by atoms with Gasteiger partial charge >= 0.3 is 0 Å². The van der Waals surface area contributed by atoms with Crippen molar-refractivity contribution in [2.45, 2.75) is 31.8 Å². The summed E-state index contributed by atoms with van der Waals surface area (Å²) in [6.07, 6.45) is 3.31. The third kappa shape index (κ3) is 5.22. The molecule has 0 bridgehead atoms. The van der Waals surface area contributed by atoms with Gasteiger partial charge in [0.25, 0.3) is 0 Å². The van der Waals surface area contributed by atoms with Gasteiger partial charge in [-0.3, -0.25) is 9.69 Å². The topological polar surface area (TPSA) is 44.8 Å². The Morgan fingerprint density at radius 3 is 2.74 bits per heavy atom. The van der Waals surface area contributed by atoms with E-state index in [0.29, 0.717) is 17.7 Å². The quantitative estimate of drug-likeness (QED) is 0.715. The number of likely N-dealkylation sites (tertiary alicyclic amines) is 2. The molecule has 0 aromatic heterocycles. The normalized spacial score (nSPS) is 24.8. The first-order valence-electron chi connectivity index (χ1n) is 11.1. The van der Waals surface area contributed by atoms with E-state index in [0.717, 1.165) is 43.3 Å². The number of amides is 1. The van der Waals surface area contributed by atoms with Gasteiger partial charge in [-0.15, -0.1) is 0 Å². The fourth-order valence-corrected chi connectivity index (χ4v) is 5.37. The van der Waals surface area contributed by atoms with Gasteiger partial charge in [0.2, 0.25) is 5.91 Å². The molecule has 3 atom stereocenters. The van der Waals surface area contributed by atoms with Crippen LogP contribution in [0.25, 0.3) is 0 Å². The van der Waals surface area contributed by atoms with E-state index < -0.39 is 0 Å². The van der Waals surface area contributed by atoms with E-state index in [1.807, 2.05) is 36.4 Å². The van der Waals surface area contributed by atoms with Crippen LogP contribution in [0.3, 0.4) is 0 Å². The SMILES string of the molecule is COc1ccccc1NC(=O)[C@@H]1C[C@H]([C@H]2CCCN(Cc3ccccc3Cl)C2)N(C)C1. The predicted octanol–water partition coefficient (Wildman–Crippen LogP) is 4.52. The second kappa shape index (κ2) is 10.0. The van der Waals surface area contributed by atoms with Crippen molar-refractivity contribution in [1.29, 1.82) is 0 Å². The molecular weight excluding hydrogens is 410 g/mol. The molecule has 0 radical (unpaired) electrons. The van der Waals surface area contributed by atoms with Crippen LogP contribution < -0.4 is 10.1 Å². The minimum Gasteiger partial charge on any atom is -0.495 e. The summed E-state index contributed by atoms with van der Waals surface area (Å²) in [6, 6.07) is 16.1. The number of anilines is 1. The molecule has 0 spiro atoms. The number of carbonyl (C=O) groups excluding carboxylic acids is 1. The Morgan fingerprint density at radius 2 is 1.94 bits per heavy atom. The van der Waals surface area contributed by atoms with Crippen LogP contribution in [0.2, 0.25) is 5.02 Å². The number of para-hydroxylation sites is 2. The van der Waals surface area contributed by atoms with Crippen molar-refractivity contribution in [2.75, 3.05) is 39.1 Å². The van der Waals surface area contributed by atoms with Crippen LogP contribution in [-0.4, -0.2) is 55.5 Å². The predicted molar refractivity (Wildman–Crippen MR) is 126 cm³/mol. The van der Waals surface area contributed by atoms with E-state index in [9.17, 15) is 4.79 Å². The summed E-state index contributed by atoms with van der Waals surface area (Å²) in [6.45, 7) is 3.86. The molecule has 166 valence electrons. The van der Waals surface area contributed by atoms with Gasteiger partial charge in [-0.2, -0.15) is 0 Å². The van der Waals surface area contributed by atoms with Gasteiger partial charge in [-0.1, -0.05) is 41.9 Å². The lowest BCUT2D eigenvalue weighted by molar-refractivity contribution is -0.119. The van der Waals surface area contributed by atoms with Crippen molar-refractivity contribution in [3.63, 3.8) is 0 Å². The average Bonchev–Trinajstić information content (AvgIpc) is 3.18. The van der Waals surface area contributed by atoms with Gasteiger partial charge in [0.15, 0.2) is 0 Å². The zero-order chi connectivity index (χ0) is 21.8. The van der Waals surface area contributed by atoms with Crippen molar-refractivity contribution in [3.05, 3.63) is 59.1 Å². The fourth-order valence-electron chi connectivity index (χ4n) is 5.17. The summed E-state index contributed by atoms with van der Waals surface area (Å²) in [5.41, 5.74) is 1.93. The first-order valence-corrected chi connectivity index (χ1v) is 11.5. The Labute approximate surface area is 190 Å². The zero-order valence-corrected chi connectivity index (χ0v) is 19.1. The molecule has 2 aromatic rings. The average molecular weight is 442 g/mol. The lowest BCUT2D eigenvalue weighted by atomic mass is 9.87. The van der Waals surface area contributed by atoms with E-state index in [2.05, 4.69) is 34.3 Å². The van der Waals surface area contributed by atoms with E-state index in [4.69, 9.17) is 16.3 Å². The molecule has 2 saturated heterocycles. The van der Waals surface area contributed by atoms with Crippen molar-refractivity contribution in [2.24, 2.45) is 11.8 Å². The summed E-state index contributed by atoms with van der Waals surface area (Å²) in [4.78, 5) is 17.9. The smallest absolute Gasteiger partial charge is 0.228 e. The Balaban J connectivity index is 1.36. The van der Waals surface area contributed by atoms with Crippen LogP contribution in [0.4, 0.5) is 5.69 Å². The van der Waals surface area contributed by atoms with Crippen LogP contribution in [0.5, 0.6) is 5.75 Å². The van der Waals surface area contributed by atoms with Gasteiger partial charge in [-0.05, 0) is 62.5 Å². The Morgan fingerprint density at radius 1 is 1.16 bits per heavy atom. The number of nitrogens with one attached hydrogen (secondary N) is 1. The molecule has 4 rings (SSSR count). The van der Waals surface area contributed by atoms with E-state index in [-0.39, 0.29) is 11.8 Å². The molecule has 1 N–H and O–H groups in total. The molecule has 5 nitrogen and oxygen atoms in total. The third-order valence-electron chi connectivity index (χ3n) is 6.77. The highest BCUT2D eigenvalue weighted by molar-refractivity contribution is 6.31. The zero-order valence-electron chi connectivity index (χ0n) is 18.4. The molecule has 1 amide bonds. The van der Waals surface area contributed by atoms with Crippen LogP contribution >= 0.6 is 11.6 Å². The first-order chi connectivity index (χ1) is 15.0. The summed E-state index contributed by atoms with van der Waals surface area (Å²) in [5, 5.41) is 3.92. The summed E-state index contributed by atoms with van der Waals surface area (Å²) >= 11 is 6.38. The minimum absolute atomic E-state index is 0.00106. The first kappa shape index (κ1) is 22.1. The van der Waals surface area contributed by atoms with Crippen LogP contribution in [0.15, 0.2) is 48.5 Å². The van der Waals surface area contributed by atoms with Crippen LogP contribution in [0, 0.1) is 11.8 Å².